The van der Waals surface area contributed by atoms with Gasteiger partial charge in [-0.3, -0.25) is 19.2 Å². The fraction of sp³-hybridized carbons (Fsp3) is 0.528. The van der Waals surface area contributed by atoms with Gasteiger partial charge in [0, 0.05) is 24.1 Å². The molecule has 1 fully saturated rings. The molecule has 0 radical (unpaired) electrons. The number of imide groups is 1. The molecule has 2 aromatic rings. The number of Topliss-reactive ketones (excluding diaryl/α,β-unsaturated/α-hetero) is 1. The highest BCUT2D eigenvalue weighted by molar-refractivity contribution is 6.19. The van der Waals surface area contributed by atoms with Crippen molar-refractivity contribution in [2.24, 2.45) is 5.41 Å². The summed E-state index contributed by atoms with van der Waals surface area (Å²) in [6.45, 7) is 7.02. The van der Waals surface area contributed by atoms with Crippen molar-refractivity contribution in [2.75, 3.05) is 24.3 Å². The van der Waals surface area contributed by atoms with Crippen LogP contribution < -0.4 is 15.4 Å². The summed E-state index contributed by atoms with van der Waals surface area (Å²) in [5.74, 6) is -1.92. The average molecular weight is 635 g/mol. The van der Waals surface area contributed by atoms with Gasteiger partial charge in [0.25, 0.3) is 11.8 Å². The third kappa shape index (κ3) is 10.4. The van der Waals surface area contributed by atoms with Crippen LogP contribution in [0, 0.1) is 5.41 Å². The van der Waals surface area contributed by atoms with Crippen molar-refractivity contribution in [1.29, 1.82) is 0 Å². The number of ether oxygens (including phenoxy) is 1. The van der Waals surface area contributed by atoms with Gasteiger partial charge >= 0.3 is 6.03 Å². The van der Waals surface area contributed by atoms with Crippen molar-refractivity contribution in [2.45, 2.75) is 104 Å². The SMILES string of the molecule is CCCCCCCCCCCC(=O)Nc1ccc(OC)c(NC(=O)C(C(=O)C(C)(C)C)N2C(=O)CN(Cc3ccccc3)C2=O)c1. The molecule has 0 aliphatic carbocycles. The Kier molecular flexibility index (Phi) is 13.8. The van der Waals surface area contributed by atoms with Gasteiger partial charge in [-0.25, -0.2) is 9.69 Å². The van der Waals surface area contributed by atoms with Crippen molar-refractivity contribution >= 4 is 40.9 Å². The molecule has 0 aromatic heterocycles. The topological polar surface area (TPSA) is 125 Å². The number of nitrogens with zero attached hydrogens (tertiary/aromatic N) is 2. The van der Waals surface area contributed by atoms with Gasteiger partial charge in [0.2, 0.25) is 5.91 Å². The zero-order valence-electron chi connectivity index (χ0n) is 28.0. The summed E-state index contributed by atoms with van der Waals surface area (Å²) in [5.41, 5.74) is 0.415. The zero-order chi connectivity index (χ0) is 33.7. The Morgan fingerprint density at radius 3 is 2.11 bits per heavy atom. The molecule has 10 nitrogen and oxygen atoms in total. The van der Waals surface area contributed by atoms with Gasteiger partial charge in [-0.05, 0) is 30.2 Å². The van der Waals surface area contributed by atoms with Crippen LogP contribution in [0.2, 0.25) is 0 Å². The first kappa shape index (κ1) is 36.3. The maximum Gasteiger partial charge on any atom is 0.328 e. The summed E-state index contributed by atoms with van der Waals surface area (Å²) in [7, 11) is 1.43. The van der Waals surface area contributed by atoms with Gasteiger partial charge in [0.1, 0.15) is 12.3 Å². The average Bonchev–Trinajstić information content (AvgIpc) is 3.28. The number of carbonyl (C=O) groups is 5. The van der Waals surface area contributed by atoms with E-state index in [1.807, 2.05) is 30.3 Å². The maximum absolute atomic E-state index is 13.8. The van der Waals surface area contributed by atoms with E-state index in [2.05, 4.69) is 17.6 Å². The predicted molar refractivity (Wildman–Crippen MR) is 179 cm³/mol. The fourth-order valence-corrected chi connectivity index (χ4v) is 5.42. The first-order valence-corrected chi connectivity index (χ1v) is 16.4. The molecule has 0 saturated carbocycles. The van der Waals surface area contributed by atoms with E-state index in [1.54, 1.807) is 39.0 Å². The fourth-order valence-electron chi connectivity index (χ4n) is 5.42. The van der Waals surface area contributed by atoms with Crippen LogP contribution >= 0.6 is 0 Å². The molecule has 5 amide bonds. The number of unbranched alkanes of at least 4 members (excludes halogenated alkanes) is 8. The van der Waals surface area contributed by atoms with Gasteiger partial charge in [-0.15, -0.1) is 0 Å². The molecule has 250 valence electrons. The van der Waals surface area contributed by atoms with Crippen LogP contribution in [0.1, 0.15) is 97.5 Å². The molecule has 1 saturated heterocycles. The summed E-state index contributed by atoms with van der Waals surface area (Å²) >= 11 is 0. The molecule has 1 atom stereocenters. The van der Waals surface area contributed by atoms with E-state index < -0.39 is 35.1 Å². The number of carbonyl (C=O) groups excluding carboxylic acids is 5. The largest absolute Gasteiger partial charge is 0.495 e. The Morgan fingerprint density at radius 2 is 1.50 bits per heavy atom. The molecular formula is C36H50N4O6. The monoisotopic (exact) mass is 634 g/mol. The Morgan fingerprint density at radius 1 is 0.870 bits per heavy atom. The minimum absolute atomic E-state index is 0.141. The molecule has 1 unspecified atom stereocenters. The highest BCUT2D eigenvalue weighted by Crippen LogP contribution is 2.30. The molecule has 0 bridgehead atoms. The van der Waals surface area contributed by atoms with Gasteiger partial charge in [-0.2, -0.15) is 0 Å². The summed E-state index contributed by atoms with van der Waals surface area (Å²) in [6.07, 6.45) is 10.8. The molecule has 46 heavy (non-hydrogen) atoms. The number of hydrogen-bond donors (Lipinski definition) is 2. The summed E-state index contributed by atoms with van der Waals surface area (Å²) in [5, 5.41) is 5.56. The lowest BCUT2D eigenvalue weighted by atomic mass is 9.85. The van der Waals surface area contributed by atoms with Crippen molar-refractivity contribution < 1.29 is 28.7 Å². The maximum atomic E-state index is 13.8. The second kappa shape index (κ2) is 17.5. The standard InChI is InChI=1S/C36H50N4O6/c1-6-7-8-9-10-11-12-13-17-20-30(41)37-27-21-22-29(46-5)28(23-27)38-34(44)32(33(43)36(2,3)4)40-31(42)25-39(35(40)45)24-26-18-15-14-16-19-26/h14-16,18-19,21-23,32H,6-13,17,20,24-25H2,1-5H3,(H,37,41)(H,38,44). The Bertz CT molecular complexity index is 1350. The van der Waals surface area contributed by atoms with Crippen LogP contribution in [0.25, 0.3) is 0 Å². The Balaban J connectivity index is 1.69. The minimum Gasteiger partial charge on any atom is -0.495 e. The number of ketones is 1. The van der Waals surface area contributed by atoms with Crippen molar-refractivity contribution in [1.82, 2.24) is 9.80 Å². The minimum atomic E-state index is -1.70. The molecule has 10 heteroatoms. The van der Waals surface area contributed by atoms with E-state index in [0.717, 1.165) is 29.7 Å². The van der Waals surface area contributed by atoms with Crippen LogP contribution in [0.15, 0.2) is 48.5 Å². The van der Waals surface area contributed by atoms with Crippen molar-refractivity contribution in [3.63, 3.8) is 0 Å². The molecule has 2 N–H and O–H groups in total. The number of benzene rings is 2. The van der Waals surface area contributed by atoms with E-state index in [9.17, 15) is 24.0 Å². The number of hydrogen-bond acceptors (Lipinski definition) is 6. The van der Waals surface area contributed by atoms with E-state index >= 15 is 0 Å². The smallest absolute Gasteiger partial charge is 0.328 e. The third-order valence-corrected chi connectivity index (χ3v) is 8.03. The van der Waals surface area contributed by atoms with E-state index in [0.29, 0.717) is 12.1 Å². The molecule has 1 aliphatic heterocycles. The van der Waals surface area contributed by atoms with Crippen LogP contribution in [-0.2, 0) is 25.7 Å². The number of methoxy groups -OCH3 is 1. The molecule has 3 rings (SSSR count). The van der Waals surface area contributed by atoms with Gasteiger partial charge in [0.15, 0.2) is 11.8 Å². The van der Waals surface area contributed by atoms with Crippen LogP contribution in [0.4, 0.5) is 16.2 Å². The summed E-state index contributed by atoms with van der Waals surface area (Å²) < 4.78 is 5.43. The normalized spacial score (nSPS) is 13.9. The zero-order valence-corrected chi connectivity index (χ0v) is 28.0. The lowest BCUT2D eigenvalue weighted by Gasteiger charge is -2.29. The lowest BCUT2D eigenvalue weighted by molar-refractivity contribution is -0.143. The molecular weight excluding hydrogens is 584 g/mol. The van der Waals surface area contributed by atoms with Crippen LogP contribution in [-0.4, -0.2) is 59.0 Å². The Hall–Kier alpha value is -4.21. The highest BCUT2D eigenvalue weighted by atomic mass is 16.5. The number of rotatable bonds is 18. The second-order valence-corrected chi connectivity index (χ2v) is 12.9. The second-order valence-electron chi connectivity index (χ2n) is 12.9. The first-order chi connectivity index (χ1) is 22.0. The third-order valence-electron chi connectivity index (χ3n) is 8.03. The predicted octanol–water partition coefficient (Wildman–Crippen LogP) is 6.94. The number of amides is 5. The molecule has 2 aromatic carbocycles. The van der Waals surface area contributed by atoms with E-state index in [4.69, 9.17) is 4.74 Å². The van der Waals surface area contributed by atoms with E-state index in [-0.39, 0.29) is 30.4 Å². The number of anilines is 2. The van der Waals surface area contributed by atoms with Gasteiger partial charge in [0.05, 0.1) is 12.8 Å². The molecule has 1 aliphatic rings. The highest BCUT2D eigenvalue weighted by Gasteiger charge is 2.49. The quantitative estimate of drug-likeness (QED) is 0.104. The van der Waals surface area contributed by atoms with Crippen LogP contribution in [0.5, 0.6) is 5.75 Å². The van der Waals surface area contributed by atoms with Gasteiger partial charge < -0.3 is 20.3 Å². The first-order valence-electron chi connectivity index (χ1n) is 16.4. The molecule has 0 spiro atoms. The molecule has 1 heterocycles. The lowest BCUT2D eigenvalue weighted by Crippen LogP contribution is -2.55. The summed E-state index contributed by atoms with van der Waals surface area (Å²) in [6, 6.07) is 11.6. The van der Waals surface area contributed by atoms with Gasteiger partial charge in [-0.1, -0.05) is 109 Å². The Labute approximate surface area is 273 Å². The van der Waals surface area contributed by atoms with Crippen molar-refractivity contribution in [3.05, 3.63) is 54.1 Å². The van der Waals surface area contributed by atoms with E-state index in [1.165, 1.54) is 50.5 Å². The summed E-state index contributed by atoms with van der Waals surface area (Å²) in [4.78, 5) is 68.8. The van der Waals surface area contributed by atoms with Crippen molar-refractivity contribution in [3.8, 4) is 5.75 Å². The number of urea groups is 1. The van der Waals surface area contributed by atoms with Crippen LogP contribution in [0.3, 0.4) is 0 Å². The number of nitrogens with one attached hydrogen (secondary N) is 2.